The van der Waals surface area contributed by atoms with Crippen molar-refractivity contribution in [3.8, 4) is 0 Å². The van der Waals surface area contributed by atoms with Gasteiger partial charge in [-0.2, -0.15) is 0 Å². The number of ether oxygens (including phenoxy) is 2. The number of rotatable bonds is 18. The van der Waals surface area contributed by atoms with Crippen LogP contribution >= 0.6 is 0 Å². The molecule has 5 nitrogen and oxygen atoms in total. The summed E-state index contributed by atoms with van der Waals surface area (Å²) in [5.74, 6) is 0. The van der Waals surface area contributed by atoms with Crippen LogP contribution in [-0.2, 0) is 9.47 Å². The summed E-state index contributed by atoms with van der Waals surface area (Å²) in [7, 11) is 0. The van der Waals surface area contributed by atoms with Gasteiger partial charge in [-0.15, -0.1) is 0 Å². The Kier molecular flexibility index (Phi) is 16.8. The maximum absolute atomic E-state index is 10.0. The molecule has 0 unspecified atom stereocenters. The summed E-state index contributed by atoms with van der Waals surface area (Å²) in [6.45, 7) is 2.53. The highest BCUT2D eigenvalue weighted by Gasteiger charge is 2.38. The van der Waals surface area contributed by atoms with Gasteiger partial charge in [0.15, 0.2) is 0 Å². The summed E-state index contributed by atoms with van der Waals surface area (Å²) in [5.41, 5.74) is 0. The third kappa shape index (κ3) is 12.7. The molecule has 1 aliphatic heterocycles. The van der Waals surface area contributed by atoms with Crippen molar-refractivity contribution in [2.45, 2.75) is 121 Å². The van der Waals surface area contributed by atoms with Crippen LogP contribution in [0.1, 0.15) is 96.8 Å². The Morgan fingerprint density at radius 1 is 0.828 bits per heavy atom. The number of hydrogen-bond acceptors (Lipinski definition) is 5. The van der Waals surface area contributed by atoms with Gasteiger partial charge in [-0.25, -0.2) is 0 Å². The van der Waals surface area contributed by atoms with Crippen LogP contribution in [0.4, 0.5) is 0 Å². The van der Waals surface area contributed by atoms with E-state index in [2.05, 4.69) is 19.1 Å². The van der Waals surface area contributed by atoms with Gasteiger partial charge in [-0.1, -0.05) is 89.7 Å². The average molecular weight is 415 g/mol. The van der Waals surface area contributed by atoms with Crippen LogP contribution in [0.5, 0.6) is 0 Å². The van der Waals surface area contributed by atoms with Crippen molar-refractivity contribution >= 4 is 0 Å². The topological polar surface area (TPSA) is 79.2 Å². The molecule has 0 aromatic rings. The number of unbranched alkanes of at least 4 members (excludes halogenated alkanes) is 12. The summed E-state index contributed by atoms with van der Waals surface area (Å²) in [6, 6.07) is 0. The molecule has 1 aliphatic rings. The molecule has 1 rings (SSSR count). The zero-order chi connectivity index (χ0) is 21.2. The minimum absolute atomic E-state index is 0.0851. The molecule has 1 heterocycles. The average Bonchev–Trinajstić information content (AvgIpc) is 2.72. The van der Waals surface area contributed by atoms with Crippen LogP contribution in [0.25, 0.3) is 0 Å². The predicted octanol–water partition coefficient (Wildman–Crippen LogP) is 4.52. The first-order chi connectivity index (χ1) is 14.2. The van der Waals surface area contributed by atoms with Crippen molar-refractivity contribution in [3.63, 3.8) is 0 Å². The van der Waals surface area contributed by atoms with Gasteiger partial charge < -0.3 is 24.8 Å². The molecule has 0 spiro atoms. The van der Waals surface area contributed by atoms with E-state index in [1.165, 1.54) is 77.0 Å². The van der Waals surface area contributed by atoms with Crippen LogP contribution in [0, 0.1) is 0 Å². The maximum Gasteiger partial charge on any atom is 0.114 e. The minimum Gasteiger partial charge on any atom is -0.394 e. The standard InChI is InChI=1S/C24H46O5/c1-2-3-4-5-6-7-8-9-10-11-12-13-14-15-16-17-18-28-24-21(26)20-29-22(19-25)23(24)27/h15-16,21-27H,2-14,17-20H2,1H3/b16-15+/t21-,22+,23+,24+/m0/s1. The molecule has 0 radical (unpaired) electrons. The van der Waals surface area contributed by atoms with Gasteiger partial charge in [0.25, 0.3) is 0 Å². The molecule has 4 atom stereocenters. The van der Waals surface area contributed by atoms with Gasteiger partial charge in [-0.3, -0.25) is 0 Å². The highest BCUT2D eigenvalue weighted by molar-refractivity contribution is 4.88. The Balaban J connectivity index is 1.88. The molecule has 0 saturated carbocycles. The molecular formula is C24H46O5. The molecule has 3 N–H and O–H groups in total. The molecule has 0 aliphatic carbocycles. The first-order valence-corrected chi connectivity index (χ1v) is 12.1. The molecule has 1 saturated heterocycles. The quantitative estimate of drug-likeness (QED) is 0.227. The first kappa shape index (κ1) is 26.6. The monoisotopic (exact) mass is 414 g/mol. The van der Waals surface area contributed by atoms with E-state index in [0.29, 0.717) is 6.61 Å². The van der Waals surface area contributed by atoms with Crippen molar-refractivity contribution in [2.75, 3.05) is 19.8 Å². The van der Waals surface area contributed by atoms with Gasteiger partial charge in [0, 0.05) is 0 Å². The van der Waals surface area contributed by atoms with Crippen molar-refractivity contribution < 1.29 is 24.8 Å². The van der Waals surface area contributed by atoms with E-state index < -0.39 is 24.4 Å². The lowest BCUT2D eigenvalue weighted by Gasteiger charge is -2.37. The van der Waals surface area contributed by atoms with E-state index in [1.54, 1.807) is 0 Å². The lowest BCUT2D eigenvalue weighted by Crippen LogP contribution is -2.55. The Labute approximate surface area is 178 Å². The molecule has 29 heavy (non-hydrogen) atoms. The molecule has 0 aromatic carbocycles. The summed E-state index contributed by atoms with van der Waals surface area (Å²) < 4.78 is 10.8. The van der Waals surface area contributed by atoms with Crippen LogP contribution in [-0.4, -0.2) is 59.6 Å². The van der Waals surface area contributed by atoms with Gasteiger partial charge in [0.1, 0.15) is 24.4 Å². The summed E-state index contributed by atoms with van der Waals surface area (Å²) in [4.78, 5) is 0. The Hall–Kier alpha value is -0.460. The maximum atomic E-state index is 10.0. The molecular weight excluding hydrogens is 368 g/mol. The molecule has 0 bridgehead atoms. The van der Waals surface area contributed by atoms with Crippen LogP contribution < -0.4 is 0 Å². The number of hydrogen-bond donors (Lipinski definition) is 3. The Morgan fingerprint density at radius 2 is 1.38 bits per heavy atom. The van der Waals surface area contributed by atoms with Gasteiger partial charge in [-0.05, 0) is 19.3 Å². The van der Waals surface area contributed by atoms with Crippen LogP contribution in [0.3, 0.4) is 0 Å². The third-order valence-corrected chi connectivity index (χ3v) is 5.74. The minimum atomic E-state index is -0.992. The largest absolute Gasteiger partial charge is 0.394 e. The van der Waals surface area contributed by atoms with E-state index in [4.69, 9.17) is 14.6 Å². The zero-order valence-corrected chi connectivity index (χ0v) is 18.6. The fraction of sp³-hybridized carbons (Fsp3) is 0.917. The fourth-order valence-corrected chi connectivity index (χ4v) is 3.84. The van der Waals surface area contributed by atoms with E-state index in [1.807, 2.05) is 0 Å². The SMILES string of the molecule is CCCCCCCCCCCCCC/C=C/CCO[C@H]1[C@H](O)[C@@H](CO)OC[C@@H]1O. The summed E-state index contributed by atoms with van der Waals surface area (Å²) in [6.07, 6.45) is 19.4. The highest BCUT2D eigenvalue weighted by Crippen LogP contribution is 2.18. The van der Waals surface area contributed by atoms with E-state index >= 15 is 0 Å². The highest BCUT2D eigenvalue weighted by atomic mass is 16.6. The van der Waals surface area contributed by atoms with Crippen molar-refractivity contribution in [1.29, 1.82) is 0 Å². The van der Waals surface area contributed by atoms with E-state index in [0.717, 1.165) is 12.8 Å². The molecule has 5 heteroatoms. The second-order valence-electron chi connectivity index (χ2n) is 8.39. The van der Waals surface area contributed by atoms with E-state index in [9.17, 15) is 10.2 Å². The first-order valence-electron chi connectivity index (χ1n) is 12.1. The van der Waals surface area contributed by atoms with Crippen LogP contribution in [0.15, 0.2) is 12.2 Å². The lowest BCUT2D eigenvalue weighted by molar-refractivity contribution is -0.210. The van der Waals surface area contributed by atoms with Crippen molar-refractivity contribution in [3.05, 3.63) is 12.2 Å². The molecule has 1 fully saturated rings. The van der Waals surface area contributed by atoms with Gasteiger partial charge in [0.2, 0.25) is 0 Å². The lowest BCUT2D eigenvalue weighted by atomic mass is 10.0. The van der Waals surface area contributed by atoms with Gasteiger partial charge in [0.05, 0.1) is 19.8 Å². The third-order valence-electron chi connectivity index (χ3n) is 5.74. The van der Waals surface area contributed by atoms with Gasteiger partial charge >= 0.3 is 0 Å². The number of allylic oxidation sites excluding steroid dienone is 1. The number of aliphatic hydroxyl groups is 3. The zero-order valence-electron chi connectivity index (χ0n) is 18.6. The molecule has 0 amide bonds. The predicted molar refractivity (Wildman–Crippen MR) is 118 cm³/mol. The smallest absolute Gasteiger partial charge is 0.114 e. The van der Waals surface area contributed by atoms with E-state index in [-0.39, 0.29) is 13.2 Å². The second-order valence-corrected chi connectivity index (χ2v) is 8.39. The Bertz CT molecular complexity index is 387. The summed E-state index contributed by atoms with van der Waals surface area (Å²) in [5, 5.41) is 29.1. The molecule has 172 valence electrons. The fourth-order valence-electron chi connectivity index (χ4n) is 3.84. The van der Waals surface area contributed by atoms with Crippen LogP contribution in [0.2, 0.25) is 0 Å². The normalized spacial score (nSPS) is 25.1. The van der Waals surface area contributed by atoms with Crippen molar-refractivity contribution in [1.82, 2.24) is 0 Å². The Morgan fingerprint density at radius 3 is 1.97 bits per heavy atom. The van der Waals surface area contributed by atoms with Crippen molar-refractivity contribution in [2.24, 2.45) is 0 Å². The second kappa shape index (κ2) is 18.3. The summed E-state index contributed by atoms with van der Waals surface area (Å²) >= 11 is 0. The number of aliphatic hydroxyl groups excluding tert-OH is 3. The molecule has 0 aromatic heterocycles.